The van der Waals surface area contributed by atoms with Crippen molar-refractivity contribution in [1.29, 1.82) is 5.26 Å². The first-order chi connectivity index (χ1) is 11.5. The van der Waals surface area contributed by atoms with Crippen LogP contribution >= 0.6 is 11.6 Å². The van der Waals surface area contributed by atoms with Crippen LogP contribution in [0.3, 0.4) is 0 Å². The van der Waals surface area contributed by atoms with Crippen molar-refractivity contribution in [3.8, 4) is 6.07 Å². The van der Waals surface area contributed by atoms with E-state index in [1.807, 2.05) is 6.07 Å². The van der Waals surface area contributed by atoms with Crippen molar-refractivity contribution in [2.45, 2.75) is 6.42 Å². The van der Waals surface area contributed by atoms with Crippen molar-refractivity contribution in [2.75, 3.05) is 5.32 Å². The van der Waals surface area contributed by atoms with Crippen LogP contribution in [0.2, 0.25) is 5.02 Å². The van der Waals surface area contributed by atoms with Gasteiger partial charge >= 0.3 is 5.63 Å². The first-order valence-electron chi connectivity index (χ1n) is 7.07. The first kappa shape index (κ1) is 15.8. The topological polar surface area (TPSA) is 83.1 Å². The third-order valence-electron chi connectivity index (χ3n) is 3.42. The average Bonchev–Trinajstić information content (AvgIpc) is 2.53. The maximum absolute atomic E-state index is 12.2. The van der Waals surface area contributed by atoms with Crippen molar-refractivity contribution in [3.05, 3.63) is 75.1 Å². The summed E-state index contributed by atoms with van der Waals surface area (Å²) in [6.45, 7) is 0. The summed E-state index contributed by atoms with van der Waals surface area (Å²) in [4.78, 5) is 23.9. The van der Waals surface area contributed by atoms with Crippen LogP contribution < -0.4 is 10.9 Å². The number of nitrogens with zero attached hydrogens (tertiary/aromatic N) is 1. The Kier molecular flexibility index (Phi) is 4.32. The Labute approximate surface area is 142 Å². The Morgan fingerprint density at radius 1 is 1.21 bits per heavy atom. The molecule has 3 aromatic rings. The number of halogens is 1. The van der Waals surface area contributed by atoms with Crippen LogP contribution in [0.1, 0.15) is 11.1 Å². The van der Waals surface area contributed by atoms with Crippen molar-refractivity contribution in [3.63, 3.8) is 0 Å². The summed E-state index contributed by atoms with van der Waals surface area (Å²) in [5.74, 6) is -0.284. The number of rotatable bonds is 3. The molecule has 0 spiro atoms. The molecule has 118 valence electrons. The quantitative estimate of drug-likeness (QED) is 0.741. The van der Waals surface area contributed by atoms with Crippen molar-refractivity contribution >= 4 is 34.2 Å². The number of nitrogens with one attached hydrogen (secondary N) is 1. The number of nitriles is 1. The summed E-state index contributed by atoms with van der Waals surface area (Å²) in [7, 11) is 0. The number of anilines is 1. The smallest absolute Gasteiger partial charge is 0.336 e. The third-order valence-corrected chi connectivity index (χ3v) is 3.65. The minimum atomic E-state index is -0.567. The van der Waals surface area contributed by atoms with Gasteiger partial charge in [0.25, 0.3) is 0 Å². The van der Waals surface area contributed by atoms with E-state index in [9.17, 15) is 9.59 Å². The van der Waals surface area contributed by atoms with Gasteiger partial charge in [-0.15, -0.1) is 0 Å². The zero-order valence-corrected chi connectivity index (χ0v) is 13.1. The molecule has 6 heteroatoms. The number of carbonyl (C=O) groups excluding carboxylic acids is 1. The van der Waals surface area contributed by atoms with Gasteiger partial charge in [-0.3, -0.25) is 4.79 Å². The second-order valence-corrected chi connectivity index (χ2v) is 5.59. The van der Waals surface area contributed by atoms with E-state index in [0.717, 1.165) is 0 Å². The highest BCUT2D eigenvalue weighted by Gasteiger charge is 2.11. The molecule has 0 saturated heterocycles. The molecule has 0 aliphatic carbocycles. The van der Waals surface area contributed by atoms with Gasteiger partial charge in [0.05, 0.1) is 18.1 Å². The number of benzene rings is 2. The molecule has 0 saturated carbocycles. The van der Waals surface area contributed by atoms with Gasteiger partial charge in [-0.2, -0.15) is 5.26 Å². The van der Waals surface area contributed by atoms with Crippen LogP contribution in [-0.4, -0.2) is 5.91 Å². The molecule has 1 amide bonds. The summed E-state index contributed by atoms with van der Waals surface area (Å²) in [6, 6.07) is 14.8. The summed E-state index contributed by atoms with van der Waals surface area (Å²) in [6.07, 6.45) is 0.000509. The van der Waals surface area contributed by atoms with Crippen molar-refractivity contribution in [1.82, 2.24) is 0 Å². The third kappa shape index (κ3) is 3.45. The first-order valence-corrected chi connectivity index (χ1v) is 7.45. The lowest BCUT2D eigenvalue weighted by Crippen LogP contribution is -2.15. The van der Waals surface area contributed by atoms with Gasteiger partial charge < -0.3 is 9.73 Å². The van der Waals surface area contributed by atoms with E-state index in [2.05, 4.69) is 5.32 Å². The summed E-state index contributed by atoms with van der Waals surface area (Å²) in [5, 5.41) is 12.8. The lowest BCUT2D eigenvalue weighted by molar-refractivity contribution is -0.115. The lowest BCUT2D eigenvalue weighted by atomic mass is 10.1. The van der Waals surface area contributed by atoms with E-state index in [1.54, 1.807) is 36.4 Å². The predicted octanol–water partition coefficient (Wildman–Crippen LogP) is 3.50. The monoisotopic (exact) mass is 338 g/mol. The van der Waals surface area contributed by atoms with Crippen molar-refractivity contribution < 1.29 is 9.21 Å². The zero-order chi connectivity index (χ0) is 17.1. The predicted molar refractivity (Wildman–Crippen MR) is 91.0 cm³/mol. The molecule has 24 heavy (non-hydrogen) atoms. The maximum Gasteiger partial charge on any atom is 0.336 e. The van der Waals surface area contributed by atoms with Gasteiger partial charge in [0.1, 0.15) is 5.58 Å². The maximum atomic E-state index is 12.2. The molecule has 1 N–H and O–H groups in total. The fraction of sp³-hybridized carbons (Fsp3) is 0.0556. The minimum Gasteiger partial charge on any atom is -0.423 e. The molecule has 0 bridgehead atoms. The Morgan fingerprint density at radius 3 is 2.79 bits per heavy atom. The second kappa shape index (κ2) is 6.57. The van der Waals surface area contributed by atoms with E-state index < -0.39 is 5.63 Å². The Bertz CT molecular complexity index is 1030. The molecule has 5 nitrogen and oxygen atoms in total. The second-order valence-electron chi connectivity index (χ2n) is 5.15. The van der Waals surface area contributed by atoms with Crippen LogP contribution in [0, 0.1) is 11.3 Å². The van der Waals surface area contributed by atoms with E-state index in [1.165, 1.54) is 12.1 Å². The molecule has 0 fully saturated rings. The lowest BCUT2D eigenvalue weighted by Gasteiger charge is -2.07. The summed E-state index contributed by atoms with van der Waals surface area (Å²) >= 11 is 5.88. The van der Waals surface area contributed by atoms with E-state index >= 15 is 0 Å². The number of hydrogen-bond donors (Lipinski definition) is 1. The number of hydrogen-bond acceptors (Lipinski definition) is 4. The molecular formula is C18H11ClN2O3. The molecule has 0 atom stereocenters. The minimum absolute atomic E-state index is 0.000509. The van der Waals surface area contributed by atoms with E-state index in [-0.39, 0.29) is 17.9 Å². The average molecular weight is 339 g/mol. The van der Waals surface area contributed by atoms with Gasteiger partial charge in [-0.1, -0.05) is 17.7 Å². The normalized spacial score (nSPS) is 10.3. The summed E-state index contributed by atoms with van der Waals surface area (Å²) in [5.41, 5.74) is 1.21. The van der Waals surface area contributed by atoms with Crippen LogP contribution in [0.25, 0.3) is 11.0 Å². The molecule has 0 radical (unpaired) electrons. The van der Waals surface area contributed by atoms with Gasteiger partial charge in [0.2, 0.25) is 5.91 Å². The molecule has 3 rings (SSSR count). The Morgan fingerprint density at radius 2 is 2.04 bits per heavy atom. The van der Waals surface area contributed by atoms with Crippen LogP contribution in [0.4, 0.5) is 5.69 Å². The van der Waals surface area contributed by atoms with E-state index in [0.29, 0.717) is 27.2 Å². The highest BCUT2D eigenvalue weighted by atomic mass is 35.5. The molecule has 1 aromatic heterocycles. The van der Waals surface area contributed by atoms with Crippen LogP contribution in [0.5, 0.6) is 0 Å². The fourth-order valence-corrected chi connectivity index (χ4v) is 2.58. The number of fused-ring (bicyclic) bond motifs is 1. The van der Waals surface area contributed by atoms with Gasteiger partial charge in [-0.25, -0.2) is 4.79 Å². The fourth-order valence-electron chi connectivity index (χ4n) is 2.39. The SMILES string of the molecule is N#Cc1ccc2c(CC(=O)Nc3cccc(Cl)c3)cc(=O)oc2c1. The molecule has 2 aromatic carbocycles. The number of amides is 1. The van der Waals surface area contributed by atoms with Gasteiger partial charge in [0.15, 0.2) is 0 Å². The summed E-state index contributed by atoms with van der Waals surface area (Å²) < 4.78 is 5.10. The molecule has 0 unspecified atom stereocenters. The molecular weight excluding hydrogens is 328 g/mol. The largest absolute Gasteiger partial charge is 0.423 e. The van der Waals surface area contributed by atoms with Crippen LogP contribution in [0.15, 0.2) is 57.7 Å². The highest BCUT2D eigenvalue weighted by molar-refractivity contribution is 6.30. The Hall–Kier alpha value is -3.10. The zero-order valence-electron chi connectivity index (χ0n) is 12.4. The highest BCUT2D eigenvalue weighted by Crippen LogP contribution is 2.20. The molecule has 0 aliphatic heterocycles. The molecule has 0 aliphatic rings. The molecule has 1 heterocycles. The van der Waals surface area contributed by atoms with Gasteiger partial charge in [0, 0.05) is 22.2 Å². The van der Waals surface area contributed by atoms with Crippen LogP contribution in [-0.2, 0) is 11.2 Å². The Balaban J connectivity index is 1.90. The standard InChI is InChI=1S/C18H11ClN2O3/c19-13-2-1-3-14(9-13)21-17(22)7-12-8-18(23)24-16-6-11(10-20)4-5-15(12)16/h1-6,8-9H,7H2,(H,21,22). The van der Waals surface area contributed by atoms with Crippen molar-refractivity contribution in [2.24, 2.45) is 0 Å². The van der Waals surface area contributed by atoms with E-state index in [4.69, 9.17) is 21.3 Å². The number of carbonyl (C=O) groups is 1. The van der Waals surface area contributed by atoms with Gasteiger partial charge in [-0.05, 0) is 42.0 Å².